The van der Waals surface area contributed by atoms with Crippen molar-refractivity contribution in [2.75, 3.05) is 0 Å². The summed E-state index contributed by atoms with van der Waals surface area (Å²) in [5.41, 5.74) is 0.410. The summed E-state index contributed by atoms with van der Waals surface area (Å²) in [6, 6.07) is -0.269. The van der Waals surface area contributed by atoms with Gasteiger partial charge in [0.2, 0.25) is 5.91 Å². The third-order valence-electron chi connectivity index (χ3n) is 8.07. The molecule has 8 heteroatoms. The van der Waals surface area contributed by atoms with Crippen LogP contribution in [0.1, 0.15) is 84.3 Å². The second-order valence-corrected chi connectivity index (χ2v) is 12.5. The number of aliphatic hydroxyl groups excluding tert-OH is 2. The Hall–Kier alpha value is -1.61. The van der Waals surface area contributed by atoms with E-state index in [2.05, 4.69) is 17.2 Å². The van der Waals surface area contributed by atoms with Gasteiger partial charge < -0.3 is 20.3 Å². The highest BCUT2D eigenvalue weighted by Gasteiger charge is 2.52. The zero-order valence-electron chi connectivity index (χ0n) is 22.1. The van der Waals surface area contributed by atoms with Crippen LogP contribution in [0, 0.1) is 24.2 Å². The van der Waals surface area contributed by atoms with E-state index >= 15 is 0 Å². The number of rotatable bonds is 2. The average Bonchev–Trinajstić information content (AvgIpc) is 3.22. The van der Waals surface area contributed by atoms with Crippen molar-refractivity contribution >= 4 is 29.1 Å². The van der Waals surface area contributed by atoms with Gasteiger partial charge in [-0.05, 0) is 51.2 Å². The number of aromatic nitrogens is 1. The standard InChI is InChI=1S/C27H42N2O5S/c1-15-9-8-10-27(7)22(34-27)12-20(16(2)11-19-14-35-18(4)28-19)29-23(31)13-21(30)26(5,6)25(33)17(3)24(15)32/h11,14-15,17,20-22,24,30,32H,8-10,12-13H2,1-7H3,(H,29,31)/t15-,17+,20?,21?,22-,24-,27+/m0/s1. The molecular formula is C27H42N2O5S. The molecular weight excluding hydrogens is 464 g/mol. The van der Waals surface area contributed by atoms with Crippen molar-refractivity contribution in [1.29, 1.82) is 0 Å². The molecule has 196 valence electrons. The van der Waals surface area contributed by atoms with Gasteiger partial charge in [-0.15, -0.1) is 11.3 Å². The number of carbonyl (C=O) groups excluding carboxylic acids is 2. The van der Waals surface area contributed by atoms with Crippen molar-refractivity contribution in [1.82, 2.24) is 10.3 Å². The predicted octanol–water partition coefficient (Wildman–Crippen LogP) is 4.05. The van der Waals surface area contributed by atoms with Crippen molar-refractivity contribution < 1.29 is 24.5 Å². The minimum Gasteiger partial charge on any atom is -0.392 e. The van der Waals surface area contributed by atoms with Gasteiger partial charge in [0.25, 0.3) is 0 Å². The zero-order valence-corrected chi connectivity index (χ0v) is 22.9. The number of aliphatic hydroxyl groups is 2. The maximum absolute atomic E-state index is 13.2. The normalized spacial score (nSPS) is 37.5. The molecule has 1 amide bonds. The Kier molecular flexibility index (Phi) is 8.62. The smallest absolute Gasteiger partial charge is 0.223 e. The first-order valence-electron chi connectivity index (χ1n) is 12.7. The summed E-state index contributed by atoms with van der Waals surface area (Å²) in [6.45, 7) is 13.0. The Labute approximate surface area is 213 Å². The van der Waals surface area contributed by atoms with E-state index in [-0.39, 0.29) is 41.8 Å². The summed E-state index contributed by atoms with van der Waals surface area (Å²) in [5.74, 6) is -1.24. The molecule has 2 saturated heterocycles. The Bertz CT molecular complexity index is 957. The average molecular weight is 507 g/mol. The lowest BCUT2D eigenvalue weighted by molar-refractivity contribution is -0.143. The minimum absolute atomic E-state index is 0.0170. The van der Waals surface area contributed by atoms with E-state index in [1.54, 1.807) is 32.1 Å². The molecule has 0 radical (unpaired) electrons. The quantitative estimate of drug-likeness (QED) is 0.522. The van der Waals surface area contributed by atoms with Gasteiger partial charge in [0.1, 0.15) is 5.78 Å². The van der Waals surface area contributed by atoms with Gasteiger partial charge in [0.05, 0.1) is 52.5 Å². The van der Waals surface area contributed by atoms with Gasteiger partial charge >= 0.3 is 0 Å². The first-order chi connectivity index (χ1) is 16.2. The second kappa shape index (κ2) is 10.8. The van der Waals surface area contributed by atoms with Crippen LogP contribution in [0.15, 0.2) is 11.0 Å². The summed E-state index contributed by atoms with van der Waals surface area (Å²) >= 11 is 1.58. The first-order valence-corrected chi connectivity index (χ1v) is 13.6. The highest BCUT2D eigenvalue weighted by Crippen LogP contribution is 2.44. The van der Waals surface area contributed by atoms with E-state index in [9.17, 15) is 19.8 Å². The molecule has 1 aromatic rings. The Morgan fingerprint density at radius 1 is 1.26 bits per heavy atom. The van der Waals surface area contributed by atoms with E-state index in [4.69, 9.17) is 4.74 Å². The van der Waals surface area contributed by atoms with Crippen LogP contribution >= 0.6 is 11.3 Å². The number of Topliss-reactive ketones (excluding diaryl/α,β-unsaturated/α-hetero) is 1. The van der Waals surface area contributed by atoms with E-state index < -0.39 is 23.5 Å². The first kappa shape index (κ1) is 28.0. The van der Waals surface area contributed by atoms with Crippen LogP contribution in [0.3, 0.4) is 0 Å². The van der Waals surface area contributed by atoms with Crippen LogP contribution in [-0.4, -0.2) is 56.8 Å². The van der Waals surface area contributed by atoms with E-state index in [1.807, 2.05) is 32.2 Å². The fourth-order valence-corrected chi connectivity index (χ4v) is 5.76. The van der Waals surface area contributed by atoms with Crippen LogP contribution in [0.2, 0.25) is 0 Å². The number of fused-ring (bicyclic) bond motifs is 1. The Morgan fingerprint density at radius 2 is 1.94 bits per heavy atom. The van der Waals surface area contributed by atoms with Crippen molar-refractivity contribution in [3.63, 3.8) is 0 Å². The number of amides is 1. The zero-order chi connectivity index (χ0) is 26.1. The van der Waals surface area contributed by atoms with Crippen LogP contribution in [0.4, 0.5) is 0 Å². The number of hydrogen-bond donors (Lipinski definition) is 3. The van der Waals surface area contributed by atoms with Gasteiger partial charge in [-0.3, -0.25) is 9.59 Å². The molecule has 3 rings (SSSR count). The molecule has 0 saturated carbocycles. The fourth-order valence-electron chi connectivity index (χ4n) is 5.19. The Morgan fingerprint density at radius 3 is 2.57 bits per heavy atom. The van der Waals surface area contributed by atoms with E-state index in [1.165, 1.54) is 0 Å². The topological polar surface area (TPSA) is 112 Å². The second-order valence-electron chi connectivity index (χ2n) is 11.4. The summed E-state index contributed by atoms with van der Waals surface area (Å²) in [4.78, 5) is 30.8. The van der Waals surface area contributed by atoms with Crippen LogP contribution in [0.25, 0.3) is 6.08 Å². The number of nitrogens with zero attached hydrogens (tertiary/aromatic N) is 1. The number of aryl methyl sites for hydroxylation is 1. The maximum atomic E-state index is 13.2. The number of ether oxygens (including phenoxy) is 1. The van der Waals surface area contributed by atoms with Gasteiger partial charge in [-0.2, -0.15) is 0 Å². The van der Waals surface area contributed by atoms with Crippen molar-refractivity contribution in [3.05, 3.63) is 21.7 Å². The predicted molar refractivity (Wildman–Crippen MR) is 138 cm³/mol. The number of hydrogen-bond acceptors (Lipinski definition) is 7. The molecule has 2 aliphatic rings. The van der Waals surface area contributed by atoms with Crippen LogP contribution < -0.4 is 5.32 Å². The molecule has 3 heterocycles. The molecule has 0 aliphatic carbocycles. The molecule has 0 bridgehead atoms. The lowest BCUT2D eigenvalue weighted by atomic mass is 9.72. The molecule has 2 unspecified atom stereocenters. The molecule has 7 atom stereocenters. The summed E-state index contributed by atoms with van der Waals surface area (Å²) < 4.78 is 6.10. The van der Waals surface area contributed by atoms with Crippen LogP contribution in [0.5, 0.6) is 0 Å². The minimum atomic E-state index is -1.17. The number of ketones is 1. The van der Waals surface area contributed by atoms with Crippen molar-refractivity contribution in [2.45, 2.75) is 111 Å². The molecule has 1 aromatic heterocycles. The van der Waals surface area contributed by atoms with Gasteiger partial charge in [0.15, 0.2) is 0 Å². The lowest BCUT2D eigenvalue weighted by Gasteiger charge is -2.34. The summed E-state index contributed by atoms with van der Waals surface area (Å²) in [6.07, 6.45) is 2.99. The molecule has 0 spiro atoms. The number of thiazole rings is 1. The largest absolute Gasteiger partial charge is 0.392 e. The summed E-state index contributed by atoms with van der Waals surface area (Å²) in [5, 5.41) is 27.8. The highest BCUT2D eigenvalue weighted by atomic mass is 32.1. The number of carbonyl (C=O) groups is 2. The highest BCUT2D eigenvalue weighted by molar-refractivity contribution is 7.09. The molecule has 3 N–H and O–H groups in total. The number of nitrogens with one attached hydrogen (secondary N) is 1. The maximum Gasteiger partial charge on any atom is 0.223 e. The molecule has 7 nitrogen and oxygen atoms in total. The third-order valence-corrected chi connectivity index (χ3v) is 8.86. The molecule has 0 aromatic carbocycles. The summed E-state index contributed by atoms with van der Waals surface area (Å²) in [7, 11) is 0. The third kappa shape index (κ3) is 6.59. The van der Waals surface area contributed by atoms with E-state index in [0.29, 0.717) is 6.42 Å². The van der Waals surface area contributed by atoms with Crippen molar-refractivity contribution in [3.8, 4) is 0 Å². The van der Waals surface area contributed by atoms with Gasteiger partial charge in [-0.1, -0.05) is 34.1 Å². The fraction of sp³-hybridized carbons (Fsp3) is 0.741. The van der Waals surface area contributed by atoms with E-state index in [0.717, 1.165) is 35.5 Å². The SMILES string of the molecule is CC(=Cc1csc(C)n1)C1C[C@@H]2O[C@]2(C)CCC[C@H](C)[C@H](O)[C@@H](C)C(=O)C(C)(C)C(O)CC(=O)N1. The number of epoxide rings is 1. The molecule has 2 aliphatic heterocycles. The Balaban J connectivity index is 1.85. The van der Waals surface area contributed by atoms with Crippen molar-refractivity contribution in [2.24, 2.45) is 17.3 Å². The lowest BCUT2D eigenvalue weighted by Crippen LogP contribution is -2.47. The monoisotopic (exact) mass is 506 g/mol. The van der Waals surface area contributed by atoms with Gasteiger partial charge in [-0.25, -0.2) is 4.98 Å². The van der Waals surface area contributed by atoms with Crippen LogP contribution in [-0.2, 0) is 14.3 Å². The van der Waals surface area contributed by atoms with Gasteiger partial charge in [0, 0.05) is 17.7 Å². The molecule has 2 fully saturated rings. The molecule has 35 heavy (non-hydrogen) atoms.